The van der Waals surface area contributed by atoms with Crippen LogP contribution in [0.3, 0.4) is 0 Å². The van der Waals surface area contributed by atoms with E-state index >= 15 is 0 Å². The van der Waals surface area contributed by atoms with E-state index in [1.165, 1.54) is 0 Å². The highest BCUT2D eigenvalue weighted by atomic mass is 35.5. The van der Waals surface area contributed by atoms with Gasteiger partial charge in [-0.25, -0.2) is 0 Å². The van der Waals surface area contributed by atoms with Crippen molar-refractivity contribution < 1.29 is 4.42 Å². The molecule has 4 nitrogen and oxygen atoms in total. The van der Waals surface area contributed by atoms with Crippen molar-refractivity contribution in [1.82, 2.24) is 15.5 Å². The summed E-state index contributed by atoms with van der Waals surface area (Å²) in [6.45, 7) is 2.51. The normalized spacial score (nSPS) is 10.7. The highest BCUT2D eigenvalue weighted by Gasteiger charge is 2.08. The molecule has 2 aromatic rings. The summed E-state index contributed by atoms with van der Waals surface area (Å²) in [5.41, 5.74) is 1.87. The second kappa shape index (κ2) is 4.63. The Kier molecular flexibility index (Phi) is 3.22. The second-order valence-electron chi connectivity index (χ2n) is 3.50. The van der Waals surface area contributed by atoms with Crippen molar-refractivity contribution in [3.63, 3.8) is 0 Å². The van der Waals surface area contributed by atoms with Crippen molar-refractivity contribution >= 4 is 11.6 Å². The van der Waals surface area contributed by atoms with Crippen molar-refractivity contribution in [1.29, 1.82) is 0 Å². The molecule has 0 unspecified atom stereocenters. The van der Waals surface area contributed by atoms with E-state index < -0.39 is 0 Å². The molecule has 1 heterocycles. The van der Waals surface area contributed by atoms with Crippen LogP contribution < -0.4 is 5.32 Å². The molecular weight excluding hydrogens is 226 g/mol. The summed E-state index contributed by atoms with van der Waals surface area (Å²) in [4.78, 5) is 0. The topological polar surface area (TPSA) is 51.0 Å². The zero-order valence-corrected chi connectivity index (χ0v) is 9.88. The standard InChI is InChI=1S/C11H12ClN3O/c1-7-3-4-8(5-9(7)12)11-15-14-10(16-11)6-13-2/h3-5,13H,6H2,1-2H3. The molecule has 1 N–H and O–H groups in total. The van der Waals surface area contributed by atoms with E-state index in [-0.39, 0.29) is 0 Å². The zero-order valence-electron chi connectivity index (χ0n) is 9.12. The van der Waals surface area contributed by atoms with Gasteiger partial charge in [0, 0.05) is 10.6 Å². The number of halogens is 1. The van der Waals surface area contributed by atoms with E-state index in [4.69, 9.17) is 16.0 Å². The lowest BCUT2D eigenvalue weighted by molar-refractivity contribution is 0.490. The molecule has 5 heteroatoms. The lowest BCUT2D eigenvalue weighted by atomic mass is 10.1. The Balaban J connectivity index is 2.31. The van der Waals surface area contributed by atoms with Crippen LogP contribution in [0.1, 0.15) is 11.5 Å². The first kappa shape index (κ1) is 11.1. The fraction of sp³-hybridized carbons (Fsp3) is 0.273. The molecule has 0 saturated carbocycles. The summed E-state index contributed by atoms with van der Waals surface area (Å²) in [5, 5.41) is 11.5. The van der Waals surface area contributed by atoms with Crippen molar-refractivity contribution in [2.24, 2.45) is 0 Å². The molecule has 0 aliphatic heterocycles. The van der Waals surface area contributed by atoms with Crippen LogP contribution in [-0.4, -0.2) is 17.2 Å². The monoisotopic (exact) mass is 237 g/mol. The number of aryl methyl sites for hydroxylation is 1. The molecule has 84 valence electrons. The van der Waals surface area contributed by atoms with Gasteiger partial charge < -0.3 is 9.73 Å². The average molecular weight is 238 g/mol. The van der Waals surface area contributed by atoms with Crippen LogP contribution in [0.25, 0.3) is 11.5 Å². The van der Waals surface area contributed by atoms with E-state index in [9.17, 15) is 0 Å². The maximum atomic E-state index is 6.03. The third-order valence-electron chi connectivity index (χ3n) is 2.21. The molecule has 0 spiro atoms. The SMILES string of the molecule is CNCc1nnc(-c2ccc(C)c(Cl)c2)o1. The van der Waals surface area contributed by atoms with Crippen LogP contribution in [0.5, 0.6) is 0 Å². The van der Waals surface area contributed by atoms with Gasteiger partial charge in [-0.1, -0.05) is 17.7 Å². The maximum absolute atomic E-state index is 6.03. The quantitative estimate of drug-likeness (QED) is 0.891. The molecular formula is C11H12ClN3O. The largest absolute Gasteiger partial charge is 0.419 e. The van der Waals surface area contributed by atoms with Gasteiger partial charge in [0.25, 0.3) is 0 Å². The lowest BCUT2D eigenvalue weighted by Gasteiger charge is -1.99. The van der Waals surface area contributed by atoms with Gasteiger partial charge in [-0.3, -0.25) is 0 Å². The van der Waals surface area contributed by atoms with E-state index in [1.807, 2.05) is 32.2 Å². The summed E-state index contributed by atoms with van der Waals surface area (Å²) in [6.07, 6.45) is 0. The number of nitrogens with zero attached hydrogens (tertiary/aromatic N) is 2. The Morgan fingerprint density at radius 2 is 2.19 bits per heavy atom. The van der Waals surface area contributed by atoms with Crippen LogP contribution in [0, 0.1) is 6.92 Å². The average Bonchev–Trinajstić information content (AvgIpc) is 2.71. The molecule has 2 rings (SSSR count). The fourth-order valence-corrected chi connectivity index (χ4v) is 1.50. The van der Waals surface area contributed by atoms with Crippen molar-refractivity contribution in [2.75, 3.05) is 7.05 Å². The van der Waals surface area contributed by atoms with E-state index in [2.05, 4.69) is 15.5 Å². The minimum atomic E-state index is 0.493. The molecule has 1 aromatic carbocycles. The predicted octanol–water partition coefficient (Wildman–Crippen LogP) is 2.42. The van der Waals surface area contributed by atoms with Gasteiger partial charge in [-0.05, 0) is 31.7 Å². The number of rotatable bonds is 3. The minimum Gasteiger partial charge on any atom is -0.419 e. The molecule has 0 fully saturated rings. The lowest BCUT2D eigenvalue weighted by Crippen LogP contribution is -2.04. The molecule has 0 aliphatic carbocycles. The first-order valence-corrected chi connectivity index (χ1v) is 5.32. The summed E-state index contributed by atoms with van der Waals surface area (Å²) < 4.78 is 5.46. The first-order valence-electron chi connectivity index (χ1n) is 4.94. The highest BCUT2D eigenvalue weighted by Crippen LogP contribution is 2.24. The maximum Gasteiger partial charge on any atom is 0.247 e. The molecule has 0 atom stereocenters. The first-order chi connectivity index (χ1) is 7.70. The molecule has 0 bridgehead atoms. The molecule has 0 saturated heterocycles. The van der Waals surface area contributed by atoms with Crippen LogP contribution >= 0.6 is 11.6 Å². The van der Waals surface area contributed by atoms with Gasteiger partial charge in [0.2, 0.25) is 11.8 Å². The van der Waals surface area contributed by atoms with Crippen LogP contribution in [-0.2, 0) is 6.54 Å². The Labute approximate surface area is 98.6 Å². The van der Waals surface area contributed by atoms with Crippen molar-refractivity contribution in [3.8, 4) is 11.5 Å². The number of aromatic nitrogens is 2. The molecule has 0 radical (unpaired) electrons. The third kappa shape index (κ3) is 2.23. The summed E-state index contributed by atoms with van der Waals surface area (Å²) in [6, 6.07) is 5.67. The Bertz CT molecular complexity index is 496. The van der Waals surface area contributed by atoms with Crippen LogP contribution in [0.15, 0.2) is 22.6 Å². The molecule has 0 amide bonds. The van der Waals surface area contributed by atoms with Crippen LogP contribution in [0.4, 0.5) is 0 Å². The number of hydrogen-bond donors (Lipinski definition) is 1. The van der Waals surface area contributed by atoms with E-state index in [1.54, 1.807) is 0 Å². The highest BCUT2D eigenvalue weighted by molar-refractivity contribution is 6.31. The van der Waals surface area contributed by atoms with Gasteiger partial charge in [0.05, 0.1) is 6.54 Å². The minimum absolute atomic E-state index is 0.493. The van der Waals surface area contributed by atoms with Crippen LogP contribution in [0.2, 0.25) is 5.02 Å². The smallest absolute Gasteiger partial charge is 0.247 e. The Morgan fingerprint density at radius 1 is 1.38 bits per heavy atom. The van der Waals surface area contributed by atoms with Gasteiger partial charge in [-0.2, -0.15) is 0 Å². The second-order valence-corrected chi connectivity index (χ2v) is 3.90. The third-order valence-corrected chi connectivity index (χ3v) is 2.62. The van der Waals surface area contributed by atoms with Gasteiger partial charge in [0.1, 0.15) is 0 Å². The van der Waals surface area contributed by atoms with Crippen molar-refractivity contribution in [2.45, 2.75) is 13.5 Å². The van der Waals surface area contributed by atoms with E-state index in [0.717, 1.165) is 11.1 Å². The molecule has 0 aliphatic rings. The van der Waals surface area contributed by atoms with Gasteiger partial charge in [0.15, 0.2) is 0 Å². The number of benzene rings is 1. The fourth-order valence-electron chi connectivity index (χ4n) is 1.32. The molecule has 1 aromatic heterocycles. The van der Waals surface area contributed by atoms with Gasteiger partial charge in [-0.15, -0.1) is 10.2 Å². The van der Waals surface area contributed by atoms with Crippen molar-refractivity contribution in [3.05, 3.63) is 34.7 Å². The number of hydrogen-bond acceptors (Lipinski definition) is 4. The summed E-state index contributed by atoms with van der Waals surface area (Å²) in [7, 11) is 1.83. The Morgan fingerprint density at radius 3 is 2.88 bits per heavy atom. The predicted molar refractivity (Wildman–Crippen MR) is 62.2 cm³/mol. The number of nitrogens with one attached hydrogen (secondary N) is 1. The molecule has 16 heavy (non-hydrogen) atoms. The summed E-state index contributed by atoms with van der Waals surface area (Å²) in [5.74, 6) is 1.06. The van der Waals surface area contributed by atoms with Gasteiger partial charge >= 0.3 is 0 Å². The Hall–Kier alpha value is -1.39. The zero-order chi connectivity index (χ0) is 11.5. The van der Waals surface area contributed by atoms with E-state index in [0.29, 0.717) is 23.3 Å². The summed E-state index contributed by atoms with van der Waals surface area (Å²) >= 11 is 6.03.